The molecule has 1 aliphatic rings. The number of sulfone groups is 1. The van der Waals surface area contributed by atoms with Gasteiger partial charge in [0.05, 0.1) is 17.2 Å². The molecule has 0 radical (unpaired) electrons. The Hall–Kier alpha value is -3.53. The van der Waals surface area contributed by atoms with Crippen LogP contribution in [0.15, 0.2) is 60.7 Å². The van der Waals surface area contributed by atoms with Crippen molar-refractivity contribution in [1.82, 2.24) is 19.7 Å². The van der Waals surface area contributed by atoms with Crippen molar-refractivity contribution < 1.29 is 22.7 Å². The molecule has 2 heterocycles. The number of rotatable bonds is 7. The lowest BCUT2D eigenvalue weighted by atomic mass is 10.2. The zero-order valence-electron chi connectivity index (χ0n) is 19.0. The van der Waals surface area contributed by atoms with Crippen LogP contribution < -0.4 is 0 Å². The third-order valence-electron chi connectivity index (χ3n) is 5.73. The van der Waals surface area contributed by atoms with Crippen molar-refractivity contribution in [2.45, 2.75) is 32.4 Å². The van der Waals surface area contributed by atoms with Crippen LogP contribution in [0.3, 0.4) is 0 Å². The van der Waals surface area contributed by atoms with Gasteiger partial charge in [-0.3, -0.25) is 4.79 Å². The maximum Gasteiger partial charge on any atom is 0.379 e. The molecule has 3 aromatic rings. The Morgan fingerprint density at radius 3 is 2.35 bits per heavy atom. The van der Waals surface area contributed by atoms with E-state index in [0.29, 0.717) is 18.8 Å². The average molecular weight is 483 g/mol. The summed E-state index contributed by atoms with van der Waals surface area (Å²) < 4.78 is 30.7. The van der Waals surface area contributed by atoms with Gasteiger partial charge in [0.25, 0.3) is 11.7 Å². The number of aromatic nitrogens is 3. The van der Waals surface area contributed by atoms with Gasteiger partial charge >= 0.3 is 5.97 Å². The van der Waals surface area contributed by atoms with Crippen LogP contribution in [0.25, 0.3) is 17.1 Å². The summed E-state index contributed by atoms with van der Waals surface area (Å²) in [5, 5.41) is 4.36. The van der Waals surface area contributed by atoms with Gasteiger partial charge in [-0.05, 0) is 32.4 Å². The Kier molecular flexibility index (Phi) is 6.78. The molecule has 1 aromatic heterocycles. The Morgan fingerprint density at radius 2 is 1.76 bits per heavy atom. The zero-order valence-corrected chi connectivity index (χ0v) is 19.8. The van der Waals surface area contributed by atoms with E-state index in [9.17, 15) is 18.0 Å². The number of carbonyl (C=O) groups is 2. The van der Waals surface area contributed by atoms with Gasteiger partial charge in [-0.2, -0.15) is 0 Å². The van der Waals surface area contributed by atoms with Crippen LogP contribution in [0.5, 0.6) is 0 Å². The molecule has 0 aliphatic carbocycles. The van der Waals surface area contributed by atoms with Crippen molar-refractivity contribution in [3.05, 3.63) is 66.5 Å². The molecule has 4 rings (SSSR count). The van der Waals surface area contributed by atoms with Crippen LogP contribution in [0.4, 0.5) is 0 Å². The third kappa shape index (κ3) is 5.01. The van der Waals surface area contributed by atoms with E-state index < -0.39 is 33.9 Å². The summed E-state index contributed by atoms with van der Waals surface area (Å²) in [4.78, 5) is 31.7. The normalized spacial score (nSPS) is 17.8. The molecule has 34 heavy (non-hydrogen) atoms. The Labute approximate surface area is 198 Å². The minimum Gasteiger partial charge on any atom is -0.447 e. The van der Waals surface area contributed by atoms with Gasteiger partial charge in [-0.15, -0.1) is 5.10 Å². The van der Waals surface area contributed by atoms with E-state index in [4.69, 9.17) is 4.74 Å². The van der Waals surface area contributed by atoms with E-state index >= 15 is 0 Å². The van der Waals surface area contributed by atoms with Crippen LogP contribution in [-0.4, -0.2) is 70.2 Å². The van der Waals surface area contributed by atoms with Crippen molar-refractivity contribution in [2.75, 3.05) is 18.1 Å². The van der Waals surface area contributed by atoms with Crippen molar-refractivity contribution >= 4 is 21.7 Å². The summed E-state index contributed by atoms with van der Waals surface area (Å²) in [6.45, 7) is 3.56. The minimum absolute atomic E-state index is 0.0543. The van der Waals surface area contributed by atoms with Crippen LogP contribution >= 0.6 is 0 Å². The number of carbonyl (C=O) groups excluding carboxylic acids is 2. The van der Waals surface area contributed by atoms with E-state index in [1.165, 1.54) is 11.8 Å². The van der Waals surface area contributed by atoms with Crippen molar-refractivity contribution in [3.8, 4) is 17.1 Å². The Bertz CT molecular complexity index is 1220. The summed E-state index contributed by atoms with van der Waals surface area (Å²) >= 11 is 0. The average Bonchev–Trinajstić information content (AvgIpc) is 3.44. The summed E-state index contributed by atoms with van der Waals surface area (Å²) in [7, 11) is -3.15. The van der Waals surface area contributed by atoms with E-state index in [0.717, 1.165) is 11.3 Å². The number of para-hydroxylation sites is 1. The number of hydrogen-bond acceptors (Lipinski definition) is 7. The maximum absolute atomic E-state index is 13.0. The molecule has 1 aliphatic heterocycles. The van der Waals surface area contributed by atoms with Gasteiger partial charge in [0, 0.05) is 18.2 Å². The zero-order chi connectivity index (χ0) is 24.3. The smallest absolute Gasteiger partial charge is 0.379 e. The van der Waals surface area contributed by atoms with Gasteiger partial charge < -0.3 is 9.64 Å². The largest absolute Gasteiger partial charge is 0.447 e. The van der Waals surface area contributed by atoms with Crippen molar-refractivity contribution in [2.24, 2.45) is 0 Å². The summed E-state index contributed by atoms with van der Waals surface area (Å²) in [5.74, 6) is -1.00. The predicted molar refractivity (Wildman–Crippen MR) is 126 cm³/mol. The van der Waals surface area contributed by atoms with Gasteiger partial charge in [0.2, 0.25) is 0 Å². The fourth-order valence-electron chi connectivity index (χ4n) is 4.03. The second-order valence-corrected chi connectivity index (χ2v) is 10.3. The molecule has 0 saturated carbocycles. The van der Waals surface area contributed by atoms with Gasteiger partial charge in [-0.25, -0.2) is 22.9 Å². The molecule has 9 nitrogen and oxygen atoms in total. The van der Waals surface area contributed by atoms with E-state index in [1.54, 1.807) is 11.6 Å². The first-order chi connectivity index (χ1) is 16.3. The van der Waals surface area contributed by atoms with Crippen LogP contribution in [0.2, 0.25) is 0 Å². The van der Waals surface area contributed by atoms with Crippen molar-refractivity contribution in [3.63, 3.8) is 0 Å². The Balaban J connectivity index is 1.56. The number of amides is 1. The molecule has 0 spiro atoms. The van der Waals surface area contributed by atoms with E-state index in [1.807, 2.05) is 60.7 Å². The maximum atomic E-state index is 13.0. The standard InChI is InChI=1S/C24H26N4O5S/c1-3-27(20-14-15-34(31,32)16-20)23(29)17(2)33-24(30)21-25-22(18-10-6-4-7-11-18)28(26-21)19-12-8-5-9-13-19/h4-13,17,20H,3,14-16H2,1-2H3. The number of benzene rings is 2. The summed E-state index contributed by atoms with van der Waals surface area (Å²) in [6, 6.07) is 18.2. The number of likely N-dealkylation sites (N-methyl/N-ethyl adjacent to an activating group) is 1. The highest BCUT2D eigenvalue weighted by atomic mass is 32.2. The monoisotopic (exact) mass is 482 g/mol. The molecule has 1 amide bonds. The van der Waals surface area contributed by atoms with Crippen LogP contribution in [-0.2, 0) is 19.4 Å². The third-order valence-corrected chi connectivity index (χ3v) is 7.48. The second-order valence-electron chi connectivity index (χ2n) is 8.10. The van der Waals surface area contributed by atoms with Crippen LogP contribution in [0, 0.1) is 0 Å². The molecule has 0 N–H and O–H groups in total. The summed E-state index contributed by atoms with van der Waals surface area (Å²) in [5.41, 5.74) is 1.48. The lowest BCUT2D eigenvalue weighted by Gasteiger charge is -2.29. The molecule has 2 unspecified atom stereocenters. The topological polar surface area (TPSA) is 111 Å². The molecule has 178 valence electrons. The molecule has 2 atom stereocenters. The fraction of sp³-hybridized carbons (Fsp3) is 0.333. The number of ether oxygens (including phenoxy) is 1. The number of hydrogen-bond donors (Lipinski definition) is 0. The molecule has 0 bridgehead atoms. The lowest BCUT2D eigenvalue weighted by Crippen LogP contribution is -2.46. The first-order valence-electron chi connectivity index (χ1n) is 11.1. The molecule has 1 saturated heterocycles. The predicted octanol–water partition coefficient (Wildman–Crippen LogP) is 2.52. The lowest BCUT2D eigenvalue weighted by molar-refractivity contribution is -0.141. The second kappa shape index (κ2) is 9.76. The van der Waals surface area contributed by atoms with E-state index in [2.05, 4.69) is 10.1 Å². The van der Waals surface area contributed by atoms with Gasteiger partial charge in [0.1, 0.15) is 0 Å². The molecule has 2 aromatic carbocycles. The van der Waals surface area contributed by atoms with E-state index in [-0.39, 0.29) is 17.3 Å². The first-order valence-corrected chi connectivity index (χ1v) is 12.9. The summed E-state index contributed by atoms with van der Waals surface area (Å²) in [6.07, 6.45) is -0.730. The quantitative estimate of drug-likeness (QED) is 0.476. The van der Waals surface area contributed by atoms with Gasteiger partial charge in [-0.1, -0.05) is 48.5 Å². The minimum atomic E-state index is -3.15. The first kappa shape index (κ1) is 23.6. The highest BCUT2D eigenvalue weighted by molar-refractivity contribution is 7.91. The van der Waals surface area contributed by atoms with Crippen molar-refractivity contribution in [1.29, 1.82) is 0 Å². The highest BCUT2D eigenvalue weighted by Gasteiger charge is 2.36. The molecule has 10 heteroatoms. The molecular formula is C24H26N4O5S. The highest BCUT2D eigenvalue weighted by Crippen LogP contribution is 2.22. The number of nitrogens with zero attached hydrogens (tertiary/aromatic N) is 4. The van der Waals surface area contributed by atoms with Crippen LogP contribution in [0.1, 0.15) is 30.9 Å². The van der Waals surface area contributed by atoms with Gasteiger partial charge in [0.15, 0.2) is 21.8 Å². The molecule has 1 fully saturated rings. The SMILES string of the molecule is CCN(C(=O)C(C)OC(=O)c1nc(-c2ccccc2)n(-c2ccccc2)n1)C1CCS(=O)(=O)C1. The molecular weight excluding hydrogens is 456 g/mol. The fourth-order valence-corrected chi connectivity index (χ4v) is 5.76. The Morgan fingerprint density at radius 1 is 1.12 bits per heavy atom. The number of esters is 1.